The number of hydrogen-bond donors (Lipinski definition) is 1. The Morgan fingerprint density at radius 1 is 1.30 bits per heavy atom. The van der Waals surface area contributed by atoms with E-state index in [-0.39, 0.29) is 6.04 Å². The molecule has 3 rings (SSSR count). The Morgan fingerprint density at radius 2 is 2.04 bits per heavy atom. The van der Waals surface area contributed by atoms with E-state index in [0.717, 1.165) is 36.9 Å². The molecule has 1 fully saturated rings. The molecule has 0 unspecified atom stereocenters. The zero-order valence-corrected chi connectivity index (χ0v) is 13.3. The predicted octanol–water partition coefficient (Wildman–Crippen LogP) is 3.20. The third-order valence-corrected chi connectivity index (χ3v) is 4.36. The van der Waals surface area contributed by atoms with Gasteiger partial charge in [0.05, 0.1) is 30.8 Å². The van der Waals surface area contributed by atoms with Gasteiger partial charge in [0.2, 0.25) is 0 Å². The van der Waals surface area contributed by atoms with E-state index in [1.807, 2.05) is 34.9 Å². The molecule has 1 aliphatic rings. The first-order chi connectivity index (χ1) is 11.2. The van der Waals surface area contributed by atoms with Crippen LogP contribution in [0, 0.1) is 0 Å². The van der Waals surface area contributed by atoms with Crippen LogP contribution in [0.2, 0.25) is 0 Å². The summed E-state index contributed by atoms with van der Waals surface area (Å²) in [4.78, 5) is 16.6. The van der Waals surface area contributed by atoms with Gasteiger partial charge in [-0.3, -0.25) is 0 Å². The average molecular weight is 314 g/mol. The van der Waals surface area contributed by atoms with Crippen molar-refractivity contribution in [2.24, 2.45) is 0 Å². The van der Waals surface area contributed by atoms with Crippen LogP contribution in [0.3, 0.4) is 0 Å². The van der Waals surface area contributed by atoms with E-state index in [2.05, 4.69) is 4.98 Å². The highest BCUT2D eigenvalue weighted by atomic mass is 16.5. The number of benzene rings is 1. The molecule has 0 radical (unpaired) electrons. The van der Waals surface area contributed by atoms with Gasteiger partial charge in [0.25, 0.3) is 0 Å². The first kappa shape index (κ1) is 15.7. The summed E-state index contributed by atoms with van der Waals surface area (Å²) in [6.07, 6.45) is 5.04. The minimum atomic E-state index is -0.421. The number of aliphatic hydroxyl groups is 1. The Bertz CT molecular complexity index is 666. The van der Waals surface area contributed by atoms with E-state index in [1.54, 1.807) is 13.3 Å². The second-order valence-electron chi connectivity index (χ2n) is 5.85. The van der Waals surface area contributed by atoms with Crippen LogP contribution >= 0.6 is 0 Å². The Morgan fingerprint density at radius 3 is 2.74 bits per heavy atom. The molecule has 0 saturated heterocycles. The summed E-state index contributed by atoms with van der Waals surface area (Å²) >= 11 is 0. The molecule has 5 heteroatoms. The molecular weight excluding hydrogens is 292 g/mol. The first-order valence-electron chi connectivity index (χ1n) is 8.19. The van der Waals surface area contributed by atoms with Gasteiger partial charge in [0.1, 0.15) is 0 Å². The number of aliphatic hydroxyl groups excluding tert-OH is 1. The molecule has 1 aromatic heterocycles. The molecule has 23 heavy (non-hydrogen) atoms. The van der Waals surface area contributed by atoms with Gasteiger partial charge in [-0.25, -0.2) is 9.78 Å². The second kappa shape index (κ2) is 6.96. The fourth-order valence-corrected chi connectivity index (χ4v) is 3.26. The lowest BCUT2D eigenvalue weighted by atomic mass is 9.92. The normalized spacial score (nSPS) is 21.1. The van der Waals surface area contributed by atoms with Crippen molar-refractivity contribution in [3.05, 3.63) is 42.4 Å². The van der Waals surface area contributed by atoms with E-state index in [4.69, 9.17) is 4.74 Å². The minimum absolute atomic E-state index is 0.0466. The fraction of sp³-hybridized carbons (Fsp3) is 0.444. The van der Waals surface area contributed by atoms with Crippen molar-refractivity contribution >= 4 is 5.97 Å². The lowest BCUT2D eigenvalue weighted by molar-refractivity contribution is 0.0519. The summed E-state index contributed by atoms with van der Waals surface area (Å²) in [5.41, 5.74) is 1.96. The topological polar surface area (TPSA) is 64.3 Å². The molecule has 0 bridgehead atoms. The quantitative estimate of drug-likeness (QED) is 0.880. The number of carbonyl (C=O) groups excluding carboxylic acids is 1. The van der Waals surface area contributed by atoms with Gasteiger partial charge >= 0.3 is 5.97 Å². The summed E-state index contributed by atoms with van der Waals surface area (Å²) in [6.45, 7) is 2.09. The van der Waals surface area contributed by atoms with Crippen LogP contribution in [-0.2, 0) is 4.74 Å². The van der Waals surface area contributed by atoms with Crippen LogP contribution in [0.1, 0.15) is 49.1 Å². The van der Waals surface area contributed by atoms with Gasteiger partial charge in [-0.05, 0) is 19.8 Å². The maximum Gasteiger partial charge on any atom is 0.359 e. The van der Waals surface area contributed by atoms with Crippen molar-refractivity contribution in [1.82, 2.24) is 9.55 Å². The van der Waals surface area contributed by atoms with E-state index in [0.29, 0.717) is 12.3 Å². The van der Waals surface area contributed by atoms with Crippen molar-refractivity contribution in [2.45, 2.75) is 44.8 Å². The molecule has 1 heterocycles. The van der Waals surface area contributed by atoms with Crippen LogP contribution in [0.5, 0.6) is 0 Å². The highest BCUT2D eigenvalue weighted by molar-refractivity contribution is 5.94. The molecule has 1 N–H and O–H groups in total. The van der Waals surface area contributed by atoms with E-state index < -0.39 is 12.1 Å². The fourth-order valence-electron chi connectivity index (χ4n) is 3.26. The van der Waals surface area contributed by atoms with E-state index in [1.165, 1.54) is 0 Å². The lowest BCUT2D eigenvalue weighted by Gasteiger charge is -2.30. The molecule has 0 aliphatic heterocycles. The standard InChI is InChI=1S/C18H22N2O3/c1-2-23-18(22)16-17(13-8-4-3-5-9-13)20(12-19-16)14-10-6-7-11-15(14)21/h3-5,8-9,12,14-15,21H,2,6-7,10-11H2,1H3/t14-,15+/m1/s1. The minimum Gasteiger partial charge on any atom is -0.461 e. The molecule has 1 aliphatic carbocycles. The summed E-state index contributed by atoms with van der Waals surface area (Å²) < 4.78 is 7.09. The number of ether oxygens (including phenoxy) is 1. The molecule has 1 aromatic carbocycles. The first-order valence-corrected chi connectivity index (χ1v) is 8.19. The Kier molecular flexibility index (Phi) is 4.76. The largest absolute Gasteiger partial charge is 0.461 e. The Balaban J connectivity index is 2.07. The van der Waals surface area contributed by atoms with Crippen molar-refractivity contribution in [2.75, 3.05) is 6.61 Å². The zero-order valence-electron chi connectivity index (χ0n) is 13.3. The second-order valence-corrected chi connectivity index (χ2v) is 5.85. The number of aromatic nitrogens is 2. The summed E-state index contributed by atoms with van der Waals surface area (Å²) in [6, 6.07) is 9.65. The summed E-state index contributed by atoms with van der Waals surface area (Å²) in [7, 11) is 0. The van der Waals surface area contributed by atoms with Gasteiger partial charge in [-0.15, -0.1) is 0 Å². The monoisotopic (exact) mass is 314 g/mol. The lowest BCUT2D eigenvalue weighted by Crippen LogP contribution is -2.27. The molecular formula is C18H22N2O3. The molecule has 2 atom stereocenters. The number of rotatable bonds is 4. The van der Waals surface area contributed by atoms with Crippen molar-refractivity contribution in [3.8, 4) is 11.3 Å². The van der Waals surface area contributed by atoms with Crippen LogP contribution < -0.4 is 0 Å². The number of carbonyl (C=O) groups is 1. The number of esters is 1. The summed E-state index contributed by atoms with van der Waals surface area (Å²) in [5.74, 6) is -0.421. The van der Waals surface area contributed by atoms with Gasteiger partial charge in [-0.1, -0.05) is 43.2 Å². The van der Waals surface area contributed by atoms with Gasteiger partial charge in [0, 0.05) is 5.56 Å². The number of imidazole rings is 1. The summed E-state index contributed by atoms with van der Waals surface area (Å²) in [5, 5.41) is 10.4. The Hall–Kier alpha value is -2.14. The predicted molar refractivity (Wildman–Crippen MR) is 87.1 cm³/mol. The van der Waals surface area contributed by atoms with Gasteiger partial charge < -0.3 is 14.4 Å². The molecule has 0 spiro atoms. The average Bonchev–Trinajstić information content (AvgIpc) is 3.01. The highest BCUT2D eigenvalue weighted by Crippen LogP contribution is 2.34. The van der Waals surface area contributed by atoms with E-state index in [9.17, 15) is 9.90 Å². The van der Waals surface area contributed by atoms with Crippen LogP contribution in [0.15, 0.2) is 36.7 Å². The van der Waals surface area contributed by atoms with Gasteiger partial charge in [0.15, 0.2) is 5.69 Å². The molecule has 122 valence electrons. The number of nitrogens with zero attached hydrogens (tertiary/aromatic N) is 2. The van der Waals surface area contributed by atoms with Crippen LogP contribution in [0.25, 0.3) is 11.3 Å². The SMILES string of the molecule is CCOC(=O)c1ncn([C@@H]2CCCC[C@@H]2O)c1-c1ccccc1. The Labute approximate surface area is 135 Å². The maximum absolute atomic E-state index is 12.3. The molecule has 5 nitrogen and oxygen atoms in total. The molecule has 0 amide bonds. The molecule has 1 saturated carbocycles. The number of hydrogen-bond acceptors (Lipinski definition) is 4. The van der Waals surface area contributed by atoms with Crippen molar-refractivity contribution < 1.29 is 14.6 Å². The van der Waals surface area contributed by atoms with Crippen LogP contribution in [0.4, 0.5) is 0 Å². The van der Waals surface area contributed by atoms with Crippen molar-refractivity contribution in [1.29, 1.82) is 0 Å². The third kappa shape index (κ3) is 3.15. The van der Waals surface area contributed by atoms with Crippen LogP contribution in [-0.4, -0.2) is 33.3 Å². The highest BCUT2D eigenvalue weighted by Gasteiger charge is 2.29. The maximum atomic E-state index is 12.3. The van der Waals surface area contributed by atoms with Gasteiger partial charge in [-0.2, -0.15) is 0 Å². The smallest absolute Gasteiger partial charge is 0.359 e. The molecule has 2 aromatic rings. The zero-order chi connectivity index (χ0) is 16.2. The van der Waals surface area contributed by atoms with Crippen molar-refractivity contribution in [3.63, 3.8) is 0 Å². The van der Waals surface area contributed by atoms with E-state index >= 15 is 0 Å². The third-order valence-electron chi connectivity index (χ3n) is 4.36.